The van der Waals surface area contributed by atoms with Crippen molar-refractivity contribution in [1.29, 1.82) is 0 Å². The number of benzene rings is 1. The summed E-state index contributed by atoms with van der Waals surface area (Å²) >= 11 is 3.28. The van der Waals surface area contributed by atoms with Gasteiger partial charge < -0.3 is 9.47 Å². The van der Waals surface area contributed by atoms with E-state index < -0.39 is 10.0 Å². The molecule has 0 radical (unpaired) electrons. The second-order valence-electron chi connectivity index (χ2n) is 3.94. The highest BCUT2D eigenvalue weighted by atomic mass is 79.9. The Bertz CT molecular complexity index is 559. The maximum absolute atomic E-state index is 12.7. The smallest absolute Gasteiger partial charge is 0.247 e. The minimum atomic E-state index is -3.67. The fourth-order valence-corrected chi connectivity index (χ4v) is 3.73. The lowest BCUT2D eigenvalue weighted by Gasteiger charge is -2.21. The standard InChI is InChI=1S/C13H18BrNO4S/c1-4-7-15(8-9-18-2)20(16,17)13-10-11(14)5-6-12(13)19-3/h4-6,10H,1,7-9H2,2-3H3. The minimum absolute atomic E-state index is 0.118. The van der Waals surface area contributed by atoms with Crippen molar-refractivity contribution in [2.45, 2.75) is 4.90 Å². The van der Waals surface area contributed by atoms with Gasteiger partial charge in [-0.1, -0.05) is 22.0 Å². The first-order valence-corrected chi connectivity index (χ1v) is 8.14. The molecule has 0 fully saturated rings. The van der Waals surface area contributed by atoms with E-state index in [-0.39, 0.29) is 18.0 Å². The van der Waals surface area contributed by atoms with E-state index in [1.165, 1.54) is 30.7 Å². The Morgan fingerprint density at radius 1 is 1.40 bits per heavy atom. The number of nitrogens with zero attached hydrogens (tertiary/aromatic N) is 1. The molecule has 0 aliphatic rings. The van der Waals surface area contributed by atoms with E-state index in [1.807, 2.05) is 0 Å². The van der Waals surface area contributed by atoms with E-state index in [2.05, 4.69) is 22.5 Å². The van der Waals surface area contributed by atoms with Crippen LogP contribution in [-0.2, 0) is 14.8 Å². The van der Waals surface area contributed by atoms with Crippen LogP contribution in [0, 0.1) is 0 Å². The molecule has 0 atom stereocenters. The highest BCUT2D eigenvalue weighted by Crippen LogP contribution is 2.29. The Labute approximate surface area is 128 Å². The summed E-state index contributed by atoms with van der Waals surface area (Å²) < 4.78 is 37.4. The van der Waals surface area contributed by atoms with Crippen LogP contribution >= 0.6 is 15.9 Å². The molecule has 0 N–H and O–H groups in total. The van der Waals surface area contributed by atoms with Gasteiger partial charge in [0.1, 0.15) is 10.6 Å². The fourth-order valence-electron chi connectivity index (χ4n) is 1.64. The van der Waals surface area contributed by atoms with Gasteiger partial charge in [-0.3, -0.25) is 0 Å². The van der Waals surface area contributed by atoms with Gasteiger partial charge in [-0.25, -0.2) is 8.42 Å². The molecule has 7 heteroatoms. The van der Waals surface area contributed by atoms with Crippen LogP contribution < -0.4 is 4.74 Å². The van der Waals surface area contributed by atoms with Gasteiger partial charge >= 0.3 is 0 Å². The highest BCUT2D eigenvalue weighted by molar-refractivity contribution is 9.10. The van der Waals surface area contributed by atoms with E-state index in [9.17, 15) is 8.42 Å². The van der Waals surface area contributed by atoms with Crippen molar-refractivity contribution in [3.05, 3.63) is 35.3 Å². The van der Waals surface area contributed by atoms with Crippen molar-refractivity contribution >= 4 is 26.0 Å². The first-order valence-electron chi connectivity index (χ1n) is 5.91. The van der Waals surface area contributed by atoms with Crippen LogP contribution in [0.3, 0.4) is 0 Å². The van der Waals surface area contributed by atoms with Crippen LogP contribution in [0.15, 0.2) is 40.2 Å². The lowest BCUT2D eigenvalue weighted by molar-refractivity contribution is 0.182. The van der Waals surface area contributed by atoms with Crippen molar-refractivity contribution < 1.29 is 17.9 Å². The highest BCUT2D eigenvalue weighted by Gasteiger charge is 2.27. The molecule has 0 aliphatic heterocycles. The molecule has 112 valence electrons. The molecule has 0 amide bonds. The summed E-state index contributed by atoms with van der Waals surface area (Å²) in [6.07, 6.45) is 1.54. The van der Waals surface area contributed by atoms with Crippen LogP contribution in [0.25, 0.3) is 0 Å². The van der Waals surface area contributed by atoms with Crippen molar-refractivity contribution in [1.82, 2.24) is 4.31 Å². The van der Waals surface area contributed by atoms with Gasteiger partial charge in [0.05, 0.1) is 13.7 Å². The molecular formula is C13H18BrNO4S. The number of ether oxygens (including phenoxy) is 2. The first-order chi connectivity index (χ1) is 9.47. The predicted octanol–water partition coefficient (Wildman–Crippen LogP) is 2.28. The summed E-state index contributed by atoms with van der Waals surface area (Å²) in [5.41, 5.74) is 0. The third-order valence-electron chi connectivity index (χ3n) is 2.62. The molecule has 1 rings (SSSR count). The monoisotopic (exact) mass is 363 g/mol. The first kappa shape index (κ1) is 17.2. The number of hydrogen-bond acceptors (Lipinski definition) is 4. The third-order valence-corrected chi connectivity index (χ3v) is 5.00. The molecule has 0 saturated carbocycles. The van der Waals surface area contributed by atoms with Gasteiger partial charge in [0.15, 0.2) is 0 Å². The number of methoxy groups -OCH3 is 2. The van der Waals surface area contributed by atoms with Gasteiger partial charge in [0, 0.05) is 24.7 Å². The molecule has 0 aliphatic carbocycles. The van der Waals surface area contributed by atoms with E-state index in [0.29, 0.717) is 16.8 Å². The van der Waals surface area contributed by atoms with Crippen molar-refractivity contribution in [3.8, 4) is 5.75 Å². The van der Waals surface area contributed by atoms with Gasteiger partial charge in [0.25, 0.3) is 0 Å². The lowest BCUT2D eigenvalue weighted by atomic mass is 10.3. The summed E-state index contributed by atoms with van der Waals surface area (Å²) in [4.78, 5) is 0.118. The molecule has 20 heavy (non-hydrogen) atoms. The molecule has 1 aromatic rings. The Morgan fingerprint density at radius 3 is 2.65 bits per heavy atom. The molecule has 5 nitrogen and oxygen atoms in total. The Balaban J connectivity index is 3.24. The SMILES string of the molecule is C=CCN(CCOC)S(=O)(=O)c1cc(Br)ccc1OC. The summed E-state index contributed by atoms with van der Waals surface area (Å²) in [6.45, 7) is 4.36. The zero-order chi connectivity index (χ0) is 15.2. The van der Waals surface area contributed by atoms with E-state index in [4.69, 9.17) is 9.47 Å². The van der Waals surface area contributed by atoms with E-state index in [0.717, 1.165) is 0 Å². The number of hydrogen-bond donors (Lipinski definition) is 0. The molecule has 0 heterocycles. The van der Waals surface area contributed by atoms with Crippen molar-refractivity contribution in [2.24, 2.45) is 0 Å². The van der Waals surface area contributed by atoms with Crippen LogP contribution in [0.1, 0.15) is 0 Å². The number of rotatable bonds is 8. The maximum atomic E-state index is 12.7. The average Bonchev–Trinajstić information content (AvgIpc) is 2.43. The summed E-state index contributed by atoms with van der Waals surface area (Å²) in [5.74, 6) is 0.305. The van der Waals surface area contributed by atoms with E-state index in [1.54, 1.807) is 12.1 Å². The number of halogens is 1. The fraction of sp³-hybridized carbons (Fsp3) is 0.385. The maximum Gasteiger partial charge on any atom is 0.247 e. The van der Waals surface area contributed by atoms with Crippen molar-refractivity contribution in [2.75, 3.05) is 33.9 Å². The zero-order valence-corrected chi connectivity index (χ0v) is 13.9. The lowest BCUT2D eigenvalue weighted by Crippen LogP contribution is -2.34. The van der Waals surface area contributed by atoms with E-state index >= 15 is 0 Å². The molecule has 0 saturated heterocycles. The molecule has 0 unspecified atom stereocenters. The quantitative estimate of drug-likeness (QED) is 0.664. The Kier molecular flexibility index (Phi) is 6.67. The summed E-state index contributed by atoms with van der Waals surface area (Å²) in [7, 11) is -0.708. The van der Waals surface area contributed by atoms with Crippen molar-refractivity contribution in [3.63, 3.8) is 0 Å². The van der Waals surface area contributed by atoms with Crippen LogP contribution in [-0.4, -0.2) is 46.6 Å². The third kappa shape index (κ3) is 4.05. The molecular weight excluding hydrogens is 346 g/mol. The van der Waals surface area contributed by atoms with Crippen LogP contribution in [0.2, 0.25) is 0 Å². The number of sulfonamides is 1. The topological polar surface area (TPSA) is 55.8 Å². The Hall–Kier alpha value is -0.890. The second-order valence-corrected chi connectivity index (χ2v) is 6.76. The molecule has 1 aromatic carbocycles. The molecule has 0 bridgehead atoms. The van der Waals surface area contributed by atoms with Gasteiger partial charge in [-0.2, -0.15) is 4.31 Å². The van der Waals surface area contributed by atoms with Gasteiger partial charge in [-0.15, -0.1) is 6.58 Å². The largest absolute Gasteiger partial charge is 0.495 e. The predicted molar refractivity (Wildman–Crippen MR) is 81.5 cm³/mol. The summed E-state index contributed by atoms with van der Waals surface area (Å²) in [5, 5.41) is 0. The van der Waals surface area contributed by atoms with Gasteiger partial charge in [-0.05, 0) is 18.2 Å². The second kappa shape index (κ2) is 7.78. The normalized spacial score (nSPS) is 11.6. The Morgan fingerprint density at radius 2 is 2.10 bits per heavy atom. The average molecular weight is 364 g/mol. The van der Waals surface area contributed by atoms with Gasteiger partial charge in [0.2, 0.25) is 10.0 Å². The van der Waals surface area contributed by atoms with Crippen LogP contribution in [0.4, 0.5) is 0 Å². The molecule has 0 aromatic heterocycles. The molecule has 0 spiro atoms. The van der Waals surface area contributed by atoms with Crippen LogP contribution in [0.5, 0.6) is 5.75 Å². The minimum Gasteiger partial charge on any atom is -0.495 e. The zero-order valence-electron chi connectivity index (χ0n) is 11.5. The summed E-state index contributed by atoms with van der Waals surface area (Å²) in [6, 6.07) is 4.86.